The van der Waals surface area contributed by atoms with E-state index in [0.717, 1.165) is 11.1 Å². The van der Waals surface area contributed by atoms with Crippen molar-refractivity contribution in [3.63, 3.8) is 0 Å². The average molecular weight is 372 g/mol. The summed E-state index contributed by atoms with van der Waals surface area (Å²) in [5.41, 5.74) is 9.12. The van der Waals surface area contributed by atoms with Gasteiger partial charge < -0.3 is 15.5 Å². The fraction of sp³-hybridized carbons (Fsp3) is 0.300. The third kappa shape index (κ3) is 3.32. The van der Waals surface area contributed by atoms with Crippen LogP contribution in [0.25, 0.3) is 0 Å². The van der Waals surface area contributed by atoms with E-state index in [1.807, 2.05) is 42.5 Å². The fourth-order valence-corrected chi connectivity index (χ4v) is 3.79. The number of nitrogens with two attached hydrogens (primary N) is 1. The minimum Gasteiger partial charge on any atom is -0.339 e. The van der Waals surface area contributed by atoms with Crippen molar-refractivity contribution in [3.05, 3.63) is 71.3 Å². The number of rotatable bonds is 3. The van der Waals surface area contributed by atoms with E-state index in [-0.39, 0.29) is 42.7 Å². The summed E-state index contributed by atoms with van der Waals surface area (Å²) in [7, 11) is 0. The third-order valence-corrected chi connectivity index (χ3v) is 5.17. The Morgan fingerprint density at radius 3 is 2.46 bits per heavy atom. The van der Waals surface area contributed by atoms with Gasteiger partial charge >= 0.3 is 0 Å². The zero-order chi connectivity index (χ0) is 17.4. The van der Waals surface area contributed by atoms with Gasteiger partial charge in [-0.2, -0.15) is 0 Å². The van der Waals surface area contributed by atoms with Crippen LogP contribution in [0.4, 0.5) is 0 Å². The highest BCUT2D eigenvalue weighted by Gasteiger charge is 2.36. The van der Waals surface area contributed by atoms with E-state index in [1.54, 1.807) is 9.80 Å². The minimum absolute atomic E-state index is 0. The van der Waals surface area contributed by atoms with E-state index >= 15 is 0 Å². The van der Waals surface area contributed by atoms with Gasteiger partial charge in [0.05, 0.1) is 0 Å². The molecule has 2 N–H and O–H groups in total. The molecular weight excluding hydrogens is 350 g/mol. The number of amides is 2. The van der Waals surface area contributed by atoms with Crippen molar-refractivity contribution >= 4 is 24.2 Å². The van der Waals surface area contributed by atoms with Crippen molar-refractivity contribution in [2.45, 2.75) is 18.5 Å². The third-order valence-electron chi connectivity index (χ3n) is 5.17. The van der Waals surface area contributed by atoms with Gasteiger partial charge in [-0.25, -0.2) is 0 Å². The Balaban J connectivity index is 0.00000196. The zero-order valence-electron chi connectivity index (χ0n) is 14.4. The molecule has 1 saturated heterocycles. The topological polar surface area (TPSA) is 66.6 Å². The minimum atomic E-state index is -0.0715. The van der Waals surface area contributed by atoms with Crippen molar-refractivity contribution in [1.29, 1.82) is 0 Å². The molecule has 0 bridgehead atoms. The Hall–Kier alpha value is -2.37. The molecule has 2 atom stereocenters. The summed E-state index contributed by atoms with van der Waals surface area (Å²) in [5.74, 6) is 0.0544. The molecule has 0 spiro atoms. The van der Waals surface area contributed by atoms with Crippen molar-refractivity contribution in [2.24, 2.45) is 5.73 Å². The van der Waals surface area contributed by atoms with Crippen LogP contribution >= 0.6 is 12.4 Å². The first-order valence-electron chi connectivity index (χ1n) is 8.59. The summed E-state index contributed by atoms with van der Waals surface area (Å²) in [6.07, 6.45) is 0. The second-order valence-electron chi connectivity index (χ2n) is 6.80. The van der Waals surface area contributed by atoms with Crippen LogP contribution in [0.15, 0.2) is 54.6 Å². The smallest absolute Gasteiger partial charge is 0.254 e. The molecule has 4 rings (SSSR count). The fourth-order valence-electron chi connectivity index (χ4n) is 3.79. The highest BCUT2D eigenvalue weighted by Crippen LogP contribution is 2.27. The largest absolute Gasteiger partial charge is 0.339 e. The maximum absolute atomic E-state index is 12.7. The number of nitrogens with zero attached hydrogens (tertiary/aromatic N) is 2. The van der Waals surface area contributed by atoms with Crippen molar-refractivity contribution in [1.82, 2.24) is 9.80 Å². The molecule has 2 aromatic rings. The molecule has 0 aromatic heterocycles. The van der Waals surface area contributed by atoms with Crippen LogP contribution in [0.1, 0.15) is 27.4 Å². The molecule has 0 saturated carbocycles. The first kappa shape index (κ1) is 18.4. The number of carbonyl (C=O) groups excluding carboxylic acids is 2. The van der Waals surface area contributed by atoms with Crippen LogP contribution < -0.4 is 5.73 Å². The molecule has 2 heterocycles. The predicted molar refractivity (Wildman–Crippen MR) is 102 cm³/mol. The number of likely N-dealkylation sites (tertiary alicyclic amines) is 1. The highest BCUT2D eigenvalue weighted by atomic mass is 35.5. The molecule has 2 aliphatic heterocycles. The Morgan fingerprint density at radius 2 is 1.73 bits per heavy atom. The molecule has 0 unspecified atom stereocenters. The van der Waals surface area contributed by atoms with E-state index in [1.165, 1.54) is 0 Å². The average Bonchev–Trinajstić information content (AvgIpc) is 3.17. The number of benzene rings is 2. The second-order valence-corrected chi connectivity index (χ2v) is 6.80. The van der Waals surface area contributed by atoms with E-state index in [9.17, 15) is 9.59 Å². The van der Waals surface area contributed by atoms with Crippen LogP contribution in [-0.2, 0) is 11.3 Å². The molecule has 2 amide bonds. The molecule has 0 aliphatic carbocycles. The molecular formula is C20H22ClN3O2. The van der Waals surface area contributed by atoms with Crippen LogP contribution in [-0.4, -0.2) is 47.3 Å². The lowest BCUT2D eigenvalue weighted by molar-refractivity contribution is -0.131. The lowest BCUT2D eigenvalue weighted by atomic mass is 9.95. The Labute approximate surface area is 159 Å². The summed E-state index contributed by atoms with van der Waals surface area (Å²) >= 11 is 0. The number of hydrogen-bond acceptors (Lipinski definition) is 3. The number of hydrogen-bond donors (Lipinski definition) is 1. The highest BCUT2D eigenvalue weighted by molar-refractivity contribution is 6.00. The molecule has 1 fully saturated rings. The van der Waals surface area contributed by atoms with Gasteiger partial charge in [0.1, 0.15) is 6.54 Å². The van der Waals surface area contributed by atoms with Gasteiger partial charge in [0.2, 0.25) is 5.91 Å². The predicted octanol–water partition coefficient (Wildman–Crippen LogP) is 2.02. The van der Waals surface area contributed by atoms with Gasteiger partial charge in [-0.05, 0) is 17.2 Å². The quantitative estimate of drug-likeness (QED) is 0.897. The van der Waals surface area contributed by atoms with Crippen molar-refractivity contribution in [2.75, 3.05) is 19.6 Å². The standard InChI is InChI=1S/C20H21N3O2.ClH/c21-18-12-22(11-17(18)14-6-2-1-3-7-14)19(24)13-23-10-15-8-4-5-9-16(15)20(23)25;/h1-9,17-18H,10-13,21H2;1H/t17-,18+;/m0./s1. The Morgan fingerprint density at radius 1 is 1.04 bits per heavy atom. The van der Waals surface area contributed by atoms with E-state index in [0.29, 0.717) is 25.2 Å². The molecule has 2 aromatic carbocycles. The van der Waals surface area contributed by atoms with Crippen molar-refractivity contribution < 1.29 is 9.59 Å². The number of halogens is 1. The molecule has 6 heteroatoms. The Kier molecular flexibility index (Phi) is 5.30. The van der Waals surface area contributed by atoms with Crippen molar-refractivity contribution in [3.8, 4) is 0 Å². The molecule has 2 aliphatic rings. The first-order valence-corrected chi connectivity index (χ1v) is 8.59. The van der Waals surface area contributed by atoms with Crippen LogP contribution in [0.3, 0.4) is 0 Å². The normalized spacial score (nSPS) is 21.5. The molecule has 0 radical (unpaired) electrons. The van der Waals surface area contributed by atoms with Gasteiger partial charge in [0, 0.05) is 37.2 Å². The molecule has 136 valence electrons. The monoisotopic (exact) mass is 371 g/mol. The summed E-state index contributed by atoms with van der Waals surface area (Å²) < 4.78 is 0. The summed E-state index contributed by atoms with van der Waals surface area (Å²) in [4.78, 5) is 28.5. The summed E-state index contributed by atoms with van der Waals surface area (Å²) in [5, 5.41) is 0. The summed E-state index contributed by atoms with van der Waals surface area (Å²) in [6.45, 7) is 1.76. The van der Waals surface area contributed by atoms with Crippen LogP contribution in [0, 0.1) is 0 Å². The van der Waals surface area contributed by atoms with Gasteiger partial charge in [0.15, 0.2) is 0 Å². The Bertz CT molecular complexity index is 812. The van der Waals surface area contributed by atoms with Gasteiger partial charge in [0.25, 0.3) is 5.91 Å². The van der Waals surface area contributed by atoms with Gasteiger partial charge in [-0.15, -0.1) is 12.4 Å². The zero-order valence-corrected chi connectivity index (χ0v) is 15.2. The maximum Gasteiger partial charge on any atom is 0.254 e. The number of fused-ring (bicyclic) bond motifs is 1. The van der Waals surface area contributed by atoms with E-state index in [2.05, 4.69) is 12.1 Å². The summed E-state index contributed by atoms with van der Waals surface area (Å²) in [6, 6.07) is 17.5. The lowest BCUT2D eigenvalue weighted by Gasteiger charge is -2.21. The van der Waals surface area contributed by atoms with E-state index < -0.39 is 0 Å². The lowest BCUT2D eigenvalue weighted by Crippen LogP contribution is -2.40. The van der Waals surface area contributed by atoms with E-state index in [4.69, 9.17) is 5.73 Å². The van der Waals surface area contributed by atoms with Gasteiger partial charge in [-0.1, -0.05) is 48.5 Å². The first-order chi connectivity index (χ1) is 12.1. The maximum atomic E-state index is 12.7. The molecule has 26 heavy (non-hydrogen) atoms. The second kappa shape index (κ2) is 7.48. The SMILES string of the molecule is Cl.N[C@@H]1CN(C(=O)CN2Cc3ccccc3C2=O)C[C@H]1c1ccccc1. The number of carbonyl (C=O) groups is 2. The van der Waals surface area contributed by atoms with Crippen LogP contribution in [0.2, 0.25) is 0 Å². The van der Waals surface area contributed by atoms with Crippen LogP contribution in [0.5, 0.6) is 0 Å². The molecule has 5 nitrogen and oxygen atoms in total. The van der Waals surface area contributed by atoms with Gasteiger partial charge in [-0.3, -0.25) is 9.59 Å².